The quantitative estimate of drug-likeness (QED) is 0.636. The van der Waals surface area contributed by atoms with Crippen molar-refractivity contribution in [3.8, 4) is 0 Å². The normalized spacial score (nSPS) is 20.3. The zero-order valence-electron chi connectivity index (χ0n) is 11.2. The van der Waals surface area contributed by atoms with E-state index in [1.165, 1.54) is 49.5 Å². The largest absolute Gasteiger partial charge is 0.0836 e. The molecule has 1 saturated carbocycles. The minimum absolute atomic E-state index is 0.542. The molecule has 2 aliphatic carbocycles. The third-order valence-electron chi connectivity index (χ3n) is 5.02. The highest BCUT2D eigenvalue weighted by molar-refractivity contribution is 9.09. The van der Waals surface area contributed by atoms with Gasteiger partial charge in [-0.2, -0.15) is 0 Å². The van der Waals surface area contributed by atoms with Gasteiger partial charge in [0, 0.05) is 4.83 Å². The molecule has 0 amide bonds. The summed E-state index contributed by atoms with van der Waals surface area (Å²) in [5, 5.41) is 3.06. The first-order valence-corrected chi connectivity index (χ1v) is 8.43. The Labute approximate surface area is 123 Å². The highest BCUT2D eigenvalue weighted by Crippen LogP contribution is 2.45. The van der Waals surface area contributed by atoms with Gasteiger partial charge in [-0.1, -0.05) is 59.1 Å². The fourth-order valence-corrected chi connectivity index (χ4v) is 4.94. The summed E-state index contributed by atoms with van der Waals surface area (Å²) in [5.74, 6) is 0.832. The van der Waals surface area contributed by atoms with Gasteiger partial charge in [-0.25, -0.2) is 0 Å². The molecule has 1 heteroatoms. The van der Waals surface area contributed by atoms with Crippen molar-refractivity contribution < 1.29 is 0 Å². The van der Waals surface area contributed by atoms with Crippen molar-refractivity contribution in [3.05, 3.63) is 47.0 Å². The highest BCUT2D eigenvalue weighted by atomic mass is 79.9. The lowest BCUT2D eigenvalue weighted by Gasteiger charge is -2.20. The Morgan fingerprint density at radius 2 is 1.68 bits per heavy atom. The van der Waals surface area contributed by atoms with Crippen LogP contribution in [0.1, 0.15) is 47.2 Å². The Kier molecular flexibility index (Phi) is 2.91. The van der Waals surface area contributed by atoms with Gasteiger partial charge in [-0.3, -0.25) is 0 Å². The van der Waals surface area contributed by atoms with Crippen LogP contribution in [0.2, 0.25) is 0 Å². The topological polar surface area (TPSA) is 0 Å². The maximum Gasteiger partial charge on any atom is 0.0429 e. The van der Waals surface area contributed by atoms with Crippen molar-refractivity contribution in [3.63, 3.8) is 0 Å². The van der Waals surface area contributed by atoms with E-state index in [-0.39, 0.29) is 0 Å². The van der Waals surface area contributed by atoms with Gasteiger partial charge >= 0.3 is 0 Å². The number of alkyl halides is 1. The average molecular weight is 315 g/mol. The summed E-state index contributed by atoms with van der Waals surface area (Å²) in [6.45, 7) is 0. The average Bonchev–Trinajstić information content (AvgIpc) is 3.09. The second-order valence-electron chi connectivity index (χ2n) is 6.10. The van der Waals surface area contributed by atoms with Crippen molar-refractivity contribution in [2.75, 3.05) is 0 Å². The van der Waals surface area contributed by atoms with Gasteiger partial charge in [0.1, 0.15) is 0 Å². The molecule has 2 aliphatic rings. The van der Waals surface area contributed by atoms with Crippen molar-refractivity contribution >= 4 is 26.7 Å². The van der Waals surface area contributed by atoms with Crippen molar-refractivity contribution in [2.24, 2.45) is 5.92 Å². The first-order valence-electron chi connectivity index (χ1n) is 7.52. The summed E-state index contributed by atoms with van der Waals surface area (Å²) in [4.78, 5) is 0.542. The van der Waals surface area contributed by atoms with Crippen LogP contribution in [-0.4, -0.2) is 0 Å². The van der Waals surface area contributed by atoms with Crippen LogP contribution in [0.15, 0.2) is 30.3 Å². The first-order chi connectivity index (χ1) is 9.34. The number of aryl methyl sites for hydroxylation is 2. The first kappa shape index (κ1) is 12.0. The molecular formula is C18H19Br. The van der Waals surface area contributed by atoms with Crippen LogP contribution < -0.4 is 0 Å². The van der Waals surface area contributed by atoms with E-state index in [9.17, 15) is 0 Å². The minimum Gasteiger partial charge on any atom is -0.0836 e. The zero-order chi connectivity index (χ0) is 12.8. The van der Waals surface area contributed by atoms with E-state index in [0.717, 1.165) is 5.92 Å². The van der Waals surface area contributed by atoms with Gasteiger partial charge in [-0.15, -0.1) is 0 Å². The molecule has 0 bridgehead atoms. The Hall–Kier alpha value is -0.820. The number of benzene rings is 2. The number of rotatable bonds is 2. The van der Waals surface area contributed by atoms with Gasteiger partial charge in [0.05, 0.1) is 0 Å². The van der Waals surface area contributed by atoms with Gasteiger partial charge in [0.2, 0.25) is 0 Å². The zero-order valence-corrected chi connectivity index (χ0v) is 12.7. The summed E-state index contributed by atoms with van der Waals surface area (Å²) < 4.78 is 0. The smallest absolute Gasteiger partial charge is 0.0429 e. The molecule has 1 unspecified atom stereocenters. The Morgan fingerprint density at radius 1 is 0.947 bits per heavy atom. The van der Waals surface area contributed by atoms with E-state index in [0.29, 0.717) is 4.83 Å². The Bertz CT molecular complexity index is 613. The molecule has 2 aromatic carbocycles. The minimum atomic E-state index is 0.542. The lowest BCUT2D eigenvalue weighted by atomic mass is 9.92. The second kappa shape index (κ2) is 4.63. The number of hydrogen-bond acceptors (Lipinski definition) is 0. The van der Waals surface area contributed by atoms with Gasteiger partial charge in [0.15, 0.2) is 0 Å². The standard InChI is InChI=1S/C18H19Br/c19-18(14-4-1-2-5-14)16-11-10-13-9-8-12-6-3-7-15(16)17(12)13/h3,6-7,10-11,14,18H,1-2,4-5,8-9H2. The van der Waals surface area contributed by atoms with Crippen molar-refractivity contribution in [1.29, 1.82) is 0 Å². The van der Waals surface area contributed by atoms with Crippen LogP contribution in [0, 0.1) is 5.92 Å². The van der Waals surface area contributed by atoms with E-state index in [1.54, 1.807) is 16.5 Å². The van der Waals surface area contributed by atoms with Crippen LogP contribution in [0.3, 0.4) is 0 Å². The van der Waals surface area contributed by atoms with Crippen molar-refractivity contribution in [2.45, 2.75) is 43.4 Å². The van der Waals surface area contributed by atoms with E-state index in [4.69, 9.17) is 0 Å². The van der Waals surface area contributed by atoms with Crippen LogP contribution >= 0.6 is 15.9 Å². The molecule has 4 rings (SSSR count). The third kappa shape index (κ3) is 1.86. The molecular weight excluding hydrogens is 296 g/mol. The van der Waals surface area contributed by atoms with E-state index >= 15 is 0 Å². The molecule has 19 heavy (non-hydrogen) atoms. The summed E-state index contributed by atoms with van der Waals surface area (Å²) in [5.41, 5.74) is 4.63. The van der Waals surface area contributed by atoms with Gasteiger partial charge < -0.3 is 0 Å². The second-order valence-corrected chi connectivity index (χ2v) is 7.09. The number of hydrogen-bond donors (Lipinski definition) is 0. The summed E-state index contributed by atoms with van der Waals surface area (Å²) in [6.07, 6.45) is 8.05. The molecule has 2 aromatic rings. The van der Waals surface area contributed by atoms with Crippen LogP contribution in [0.5, 0.6) is 0 Å². The van der Waals surface area contributed by atoms with Crippen LogP contribution in [-0.2, 0) is 12.8 Å². The molecule has 0 aromatic heterocycles. The molecule has 0 radical (unpaired) electrons. The summed E-state index contributed by atoms with van der Waals surface area (Å²) in [6, 6.07) is 11.6. The fraction of sp³-hybridized carbons (Fsp3) is 0.444. The van der Waals surface area contributed by atoms with Gasteiger partial charge in [0.25, 0.3) is 0 Å². The molecule has 1 fully saturated rings. The highest BCUT2D eigenvalue weighted by Gasteiger charge is 2.26. The SMILES string of the molecule is BrC(c1ccc2c3c(cccc13)CC2)C1CCCC1. The Balaban J connectivity index is 1.87. The lowest BCUT2D eigenvalue weighted by molar-refractivity contribution is 0.544. The molecule has 0 aliphatic heterocycles. The molecule has 0 saturated heterocycles. The maximum absolute atomic E-state index is 4.00. The van der Waals surface area contributed by atoms with Crippen LogP contribution in [0.25, 0.3) is 10.8 Å². The molecule has 98 valence electrons. The van der Waals surface area contributed by atoms with Crippen LogP contribution in [0.4, 0.5) is 0 Å². The van der Waals surface area contributed by atoms with E-state index in [1.807, 2.05) is 0 Å². The predicted octanol–water partition coefficient (Wildman–Crippen LogP) is 5.56. The molecule has 0 N–H and O–H groups in total. The van der Waals surface area contributed by atoms with E-state index in [2.05, 4.69) is 46.3 Å². The molecule has 0 spiro atoms. The monoisotopic (exact) mass is 314 g/mol. The van der Waals surface area contributed by atoms with E-state index < -0.39 is 0 Å². The maximum atomic E-state index is 4.00. The fourth-order valence-electron chi connectivity index (χ4n) is 4.01. The molecule has 0 nitrogen and oxygen atoms in total. The number of halogens is 1. The Morgan fingerprint density at radius 3 is 2.47 bits per heavy atom. The lowest BCUT2D eigenvalue weighted by Crippen LogP contribution is -2.03. The van der Waals surface area contributed by atoms with Crippen molar-refractivity contribution in [1.82, 2.24) is 0 Å². The molecule has 0 heterocycles. The molecule has 1 atom stereocenters. The van der Waals surface area contributed by atoms with Gasteiger partial charge in [-0.05, 0) is 59.1 Å². The predicted molar refractivity (Wildman–Crippen MR) is 85.0 cm³/mol. The third-order valence-corrected chi connectivity index (χ3v) is 6.26. The summed E-state index contributed by atoms with van der Waals surface area (Å²) in [7, 11) is 0. The summed E-state index contributed by atoms with van der Waals surface area (Å²) >= 11 is 4.00.